The summed E-state index contributed by atoms with van der Waals surface area (Å²) in [6, 6.07) is 11.4. The monoisotopic (exact) mass is 201 g/mol. The summed E-state index contributed by atoms with van der Waals surface area (Å²) in [7, 11) is 0. The predicted molar refractivity (Wildman–Crippen MR) is 61.5 cm³/mol. The highest BCUT2D eigenvalue weighted by Crippen LogP contribution is 2.21. The molecule has 2 nitrogen and oxygen atoms in total. The number of rotatable bonds is 2. The van der Waals surface area contributed by atoms with Crippen molar-refractivity contribution in [3.8, 4) is 11.4 Å². The summed E-state index contributed by atoms with van der Waals surface area (Å²) < 4.78 is 2.14. The molecule has 1 aromatic carbocycles. The number of phenolic OH excluding ortho intramolecular Hbond substituents is 1. The number of benzene rings is 1. The van der Waals surface area contributed by atoms with Crippen molar-refractivity contribution in [2.24, 2.45) is 0 Å². The van der Waals surface area contributed by atoms with Crippen molar-refractivity contribution in [2.75, 3.05) is 0 Å². The maximum absolute atomic E-state index is 9.22. The van der Waals surface area contributed by atoms with Gasteiger partial charge in [0.2, 0.25) is 0 Å². The van der Waals surface area contributed by atoms with Gasteiger partial charge >= 0.3 is 0 Å². The number of aromatic nitrogens is 1. The van der Waals surface area contributed by atoms with Gasteiger partial charge in [-0.05, 0) is 42.3 Å². The Balaban J connectivity index is 2.45. The van der Waals surface area contributed by atoms with Crippen LogP contribution in [0.3, 0.4) is 0 Å². The lowest BCUT2D eigenvalue weighted by Gasteiger charge is -2.11. The predicted octanol–water partition coefficient (Wildman–Crippen LogP) is 3.31. The molecule has 0 amide bonds. The Bertz CT molecular complexity index is 440. The Morgan fingerprint density at radius 1 is 1.07 bits per heavy atom. The quantitative estimate of drug-likeness (QED) is 0.792. The first-order valence-corrected chi connectivity index (χ1v) is 5.15. The van der Waals surface area contributed by atoms with E-state index in [9.17, 15) is 5.11 Å². The second kappa shape index (κ2) is 3.81. The highest BCUT2D eigenvalue weighted by molar-refractivity contribution is 5.39. The van der Waals surface area contributed by atoms with Gasteiger partial charge in [0.1, 0.15) is 5.75 Å². The molecular formula is C13H15NO. The number of hydrogen-bond donors (Lipinski definition) is 1. The molecule has 78 valence electrons. The van der Waals surface area contributed by atoms with Crippen LogP contribution in [-0.4, -0.2) is 9.67 Å². The molecule has 0 bridgehead atoms. The van der Waals surface area contributed by atoms with Crippen molar-refractivity contribution in [1.82, 2.24) is 4.57 Å². The third kappa shape index (κ3) is 1.89. The zero-order chi connectivity index (χ0) is 10.8. The molecule has 1 N–H and O–H groups in total. The van der Waals surface area contributed by atoms with Crippen LogP contribution in [-0.2, 0) is 0 Å². The summed E-state index contributed by atoms with van der Waals surface area (Å²) in [5.74, 6) is 0.797. The number of nitrogens with zero attached hydrogens (tertiary/aromatic N) is 1. The molecule has 0 atom stereocenters. The van der Waals surface area contributed by atoms with Crippen LogP contribution in [0.25, 0.3) is 5.69 Å². The fourth-order valence-corrected chi connectivity index (χ4v) is 1.71. The van der Waals surface area contributed by atoms with Crippen LogP contribution in [0.1, 0.15) is 25.5 Å². The van der Waals surface area contributed by atoms with Crippen molar-refractivity contribution in [1.29, 1.82) is 0 Å². The van der Waals surface area contributed by atoms with Gasteiger partial charge in [-0.2, -0.15) is 0 Å². The Morgan fingerprint density at radius 3 is 2.33 bits per heavy atom. The largest absolute Gasteiger partial charge is 0.508 e. The van der Waals surface area contributed by atoms with Crippen LogP contribution in [0.2, 0.25) is 0 Å². The molecule has 0 aliphatic heterocycles. The zero-order valence-corrected chi connectivity index (χ0v) is 9.01. The summed E-state index contributed by atoms with van der Waals surface area (Å²) in [4.78, 5) is 0. The maximum Gasteiger partial charge on any atom is 0.115 e. The molecule has 0 saturated carbocycles. The first-order valence-electron chi connectivity index (χ1n) is 5.15. The third-order valence-corrected chi connectivity index (χ3v) is 2.50. The van der Waals surface area contributed by atoms with E-state index in [-0.39, 0.29) is 0 Å². The Morgan fingerprint density at radius 2 is 1.73 bits per heavy atom. The van der Waals surface area contributed by atoms with Gasteiger partial charge in [-0.3, -0.25) is 0 Å². The molecule has 0 saturated heterocycles. The summed E-state index contributed by atoms with van der Waals surface area (Å²) in [6.07, 6.45) is 2.04. The lowest BCUT2D eigenvalue weighted by Crippen LogP contribution is -1.99. The molecule has 0 radical (unpaired) electrons. The molecule has 2 aromatic rings. The zero-order valence-electron chi connectivity index (χ0n) is 9.01. The molecule has 1 heterocycles. The van der Waals surface area contributed by atoms with E-state index in [1.807, 2.05) is 24.4 Å². The fourth-order valence-electron chi connectivity index (χ4n) is 1.71. The van der Waals surface area contributed by atoms with Crippen molar-refractivity contribution >= 4 is 0 Å². The topological polar surface area (TPSA) is 25.2 Å². The van der Waals surface area contributed by atoms with E-state index in [0.717, 1.165) is 5.69 Å². The molecule has 0 spiro atoms. The van der Waals surface area contributed by atoms with Gasteiger partial charge in [0.25, 0.3) is 0 Å². The summed E-state index contributed by atoms with van der Waals surface area (Å²) in [5, 5.41) is 9.22. The van der Waals surface area contributed by atoms with Crippen molar-refractivity contribution in [3.05, 3.63) is 48.3 Å². The number of phenols is 1. The molecule has 15 heavy (non-hydrogen) atoms. The smallest absolute Gasteiger partial charge is 0.115 e. The van der Waals surface area contributed by atoms with Crippen LogP contribution in [0.4, 0.5) is 0 Å². The maximum atomic E-state index is 9.22. The van der Waals surface area contributed by atoms with Crippen LogP contribution in [0.5, 0.6) is 5.75 Å². The molecule has 0 aliphatic rings. The van der Waals surface area contributed by atoms with Crippen LogP contribution < -0.4 is 0 Å². The highest BCUT2D eigenvalue weighted by atomic mass is 16.3. The molecule has 2 heteroatoms. The SMILES string of the molecule is CC(C)c1cccn1-c1ccc(O)cc1. The molecule has 0 aliphatic carbocycles. The van der Waals surface area contributed by atoms with Gasteiger partial charge in [-0.1, -0.05) is 13.8 Å². The van der Waals surface area contributed by atoms with E-state index >= 15 is 0 Å². The normalized spacial score (nSPS) is 10.9. The summed E-state index contributed by atoms with van der Waals surface area (Å²) >= 11 is 0. The summed E-state index contributed by atoms with van der Waals surface area (Å²) in [6.45, 7) is 4.35. The van der Waals surface area contributed by atoms with E-state index < -0.39 is 0 Å². The molecule has 1 aromatic heterocycles. The minimum atomic E-state index is 0.303. The average Bonchev–Trinajstić information content (AvgIpc) is 2.67. The first kappa shape index (κ1) is 9.84. The lowest BCUT2D eigenvalue weighted by molar-refractivity contribution is 0.475. The van der Waals surface area contributed by atoms with E-state index in [1.165, 1.54) is 5.69 Å². The van der Waals surface area contributed by atoms with Gasteiger partial charge in [0.05, 0.1) is 0 Å². The second-order valence-electron chi connectivity index (χ2n) is 3.97. The third-order valence-electron chi connectivity index (χ3n) is 2.50. The molecule has 2 rings (SSSR count). The van der Waals surface area contributed by atoms with Gasteiger partial charge in [-0.25, -0.2) is 0 Å². The van der Waals surface area contributed by atoms with E-state index in [0.29, 0.717) is 11.7 Å². The Labute approximate surface area is 89.8 Å². The van der Waals surface area contributed by atoms with Crippen LogP contribution >= 0.6 is 0 Å². The van der Waals surface area contributed by atoms with Crippen molar-refractivity contribution < 1.29 is 5.11 Å². The second-order valence-corrected chi connectivity index (χ2v) is 3.97. The van der Waals surface area contributed by atoms with Gasteiger partial charge < -0.3 is 9.67 Å². The minimum absolute atomic E-state index is 0.303. The summed E-state index contributed by atoms with van der Waals surface area (Å²) in [5.41, 5.74) is 2.36. The van der Waals surface area contributed by atoms with Gasteiger partial charge in [0, 0.05) is 17.6 Å². The standard InChI is InChI=1S/C13H15NO/c1-10(2)13-4-3-9-14(13)11-5-7-12(15)8-6-11/h3-10,15H,1-2H3. The van der Waals surface area contributed by atoms with E-state index in [2.05, 4.69) is 24.5 Å². The van der Waals surface area contributed by atoms with Gasteiger partial charge in [-0.15, -0.1) is 0 Å². The average molecular weight is 201 g/mol. The van der Waals surface area contributed by atoms with Gasteiger partial charge in [0.15, 0.2) is 0 Å². The van der Waals surface area contributed by atoms with Crippen LogP contribution in [0, 0.1) is 0 Å². The first-order chi connectivity index (χ1) is 7.18. The van der Waals surface area contributed by atoms with E-state index in [4.69, 9.17) is 0 Å². The number of aromatic hydroxyl groups is 1. The molecular weight excluding hydrogens is 186 g/mol. The molecule has 0 unspecified atom stereocenters. The van der Waals surface area contributed by atoms with Crippen LogP contribution in [0.15, 0.2) is 42.6 Å². The Kier molecular flexibility index (Phi) is 2.50. The lowest BCUT2D eigenvalue weighted by atomic mass is 10.1. The highest BCUT2D eigenvalue weighted by Gasteiger charge is 2.06. The number of hydrogen-bond acceptors (Lipinski definition) is 1. The minimum Gasteiger partial charge on any atom is -0.508 e. The van der Waals surface area contributed by atoms with Crippen molar-refractivity contribution in [2.45, 2.75) is 19.8 Å². The fraction of sp³-hybridized carbons (Fsp3) is 0.231. The molecule has 0 fully saturated rings. The van der Waals surface area contributed by atoms with Crippen molar-refractivity contribution in [3.63, 3.8) is 0 Å². The Hall–Kier alpha value is -1.70. The van der Waals surface area contributed by atoms with E-state index in [1.54, 1.807) is 12.1 Å².